The van der Waals surface area contributed by atoms with Gasteiger partial charge in [0.2, 0.25) is 0 Å². The van der Waals surface area contributed by atoms with Crippen LogP contribution in [-0.4, -0.2) is 5.78 Å². The van der Waals surface area contributed by atoms with Gasteiger partial charge < -0.3 is 0 Å². The van der Waals surface area contributed by atoms with E-state index in [2.05, 4.69) is 27.7 Å². The molecule has 0 spiro atoms. The van der Waals surface area contributed by atoms with E-state index in [-0.39, 0.29) is 0 Å². The fourth-order valence-corrected chi connectivity index (χ4v) is 3.24. The van der Waals surface area contributed by atoms with Crippen LogP contribution in [0.15, 0.2) is 0 Å². The van der Waals surface area contributed by atoms with Crippen LogP contribution in [0, 0.1) is 23.2 Å². The van der Waals surface area contributed by atoms with Crippen molar-refractivity contribution in [3.05, 3.63) is 0 Å². The van der Waals surface area contributed by atoms with Gasteiger partial charge in [0.05, 0.1) is 0 Å². The number of carbonyl (C=O) groups is 1. The van der Waals surface area contributed by atoms with Gasteiger partial charge in [-0.2, -0.15) is 0 Å². The van der Waals surface area contributed by atoms with Gasteiger partial charge in [0.15, 0.2) is 0 Å². The molecule has 0 N–H and O–H groups in total. The molecule has 3 unspecified atom stereocenters. The molecule has 1 nitrogen and oxygen atoms in total. The van der Waals surface area contributed by atoms with Crippen molar-refractivity contribution in [1.29, 1.82) is 0 Å². The lowest BCUT2D eigenvalue weighted by Crippen LogP contribution is -2.27. The van der Waals surface area contributed by atoms with Gasteiger partial charge in [-0.25, -0.2) is 0 Å². The Labute approximate surface area is 107 Å². The van der Waals surface area contributed by atoms with Crippen molar-refractivity contribution >= 4 is 5.78 Å². The lowest BCUT2D eigenvalue weighted by atomic mass is 9.68. The van der Waals surface area contributed by atoms with E-state index in [1.165, 1.54) is 25.7 Å². The van der Waals surface area contributed by atoms with Crippen molar-refractivity contribution in [3.8, 4) is 0 Å². The zero-order chi connectivity index (χ0) is 13.1. The molecule has 0 aliphatic heterocycles. The molecule has 3 atom stereocenters. The van der Waals surface area contributed by atoms with Crippen LogP contribution >= 0.6 is 0 Å². The Balaban J connectivity index is 2.50. The molecule has 0 radical (unpaired) electrons. The number of hydrogen-bond donors (Lipinski definition) is 0. The van der Waals surface area contributed by atoms with Crippen LogP contribution in [0.25, 0.3) is 0 Å². The van der Waals surface area contributed by atoms with Crippen molar-refractivity contribution in [3.63, 3.8) is 0 Å². The van der Waals surface area contributed by atoms with Crippen molar-refractivity contribution in [1.82, 2.24) is 0 Å². The molecule has 0 aromatic carbocycles. The minimum Gasteiger partial charge on any atom is -0.300 e. The van der Waals surface area contributed by atoms with Gasteiger partial charge in [0.1, 0.15) is 5.78 Å². The minimum atomic E-state index is 0.426. The summed E-state index contributed by atoms with van der Waals surface area (Å²) >= 11 is 0. The molecule has 0 amide bonds. The highest BCUT2D eigenvalue weighted by Crippen LogP contribution is 2.41. The van der Waals surface area contributed by atoms with Crippen LogP contribution in [0.4, 0.5) is 0 Å². The SMILES string of the molecule is CCC(=O)CC1CCC(C)C(CC(C)(C)C)C1. The van der Waals surface area contributed by atoms with Crippen LogP contribution < -0.4 is 0 Å². The second kappa shape index (κ2) is 6.02. The highest BCUT2D eigenvalue weighted by atomic mass is 16.1. The van der Waals surface area contributed by atoms with Gasteiger partial charge in [-0.15, -0.1) is 0 Å². The average molecular weight is 238 g/mol. The molecule has 0 aromatic heterocycles. The third-order valence-corrected chi connectivity index (χ3v) is 4.26. The first-order valence-corrected chi connectivity index (χ1v) is 7.33. The maximum Gasteiger partial charge on any atom is 0.132 e. The molecule has 1 heteroatoms. The predicted molar refractivity (Wildman–Crippen MR) is 74.0 cm³/mol. The average Bonchev–Trinajstić information content (AvgIpc) is 2.21. The van der Waals surface area contributed by atoms with E-state index in [0.29, 0.717) is 17.1 Å². The highest BCUT2D eigenvalue weighted by Gasteiger charge is 2.31. The number of hydrogen-bond acceptors (Lipinski definition) is 1. The second-order valence-electron chi connectivity index (χ2n) is 7.28. The van der Waals surface area contributed by atoms with Crippen molar-refractivity contribution < 1.29 is 4.79 Å². The van der Waals surface area contributed by atoms with E-state index in [9.17, 15) is 4.79 Å². The van der Waals surface area contributed by atoms with Crippen LogP contribution in [0.1, 0.15) is 73.1 Å². The first-order chi connectivity index (χ1) is 7.81. The molecular formula is C16H30O. The summed E-state index contributed by atoms with van der Waals surface area (Å²) in [6, 6.07) is 0. The molecule has 1 aliphatic rings. The summed E-state index contributed by atoms with van der Waals surface area (Å²) in [5, 5.41) is 0. The lowest BCUT2D eigenvalue weighted by Gasteiger charge is -2.37. The summed E-state index contributed by atoms with van der Waals surface area (Å²) in [6.07, 6.45) is 6.74. The summed E-state index contributed by atoms with van der Waals surface area (Å²) in [7, 11) is 0. The molecule has 0 saturated heterocycles. The lowest BCUT2D eigenvalue weighted by molar-refractivity contribution is -0.120. The van der Waals surface area contributed by atoms with Gasteiger partial charge in [-0.1, -0.05) is 41.0 Å². The molecule has 1 saturated carbocycles. The Kier molecular flexibility index (Phi) is 5.22. The number of Topliss-reactive ketones (excluding diaryl/α,β-unsaturated/α-hetero) is 1. The quantitative estimate of drug-likeness (QED) is 0.684. The van der Waals surface area contributed by atoms with E-state index >= 15 is 0 Å². The highest BCUT2D eigenvalue weighted by molar-refractivity contribution is 5.78. The van der Waals surface area contributed by atoms with Crippen LogP contribution in [0.2, 0.25) is 0 Å². The minimum absolute atomic E-state index is 0.426. The molecule has 1 aliphatic carbocycles. The molecule has 0 heterocycles. The van der Waals surface area contributed by atoms with E-state index < -0.39 is 0 Å². The van der Waals surface area contributed by atoms with Gasteiger partial charge in [0, 0.05) is 12.8 Å². The molecule has 0 bridgehead atoms. The van der Waals surface area contributed by atoms with Crippen LogP contribution in [0.3, 0.4) is 0 Å². The summed E-state index contributed by atoms with van der Waals surface area (Å²) in [4.78, 5) is 11.6. The monoisotopic (exact) mass is 238 g/mol. The van der Waals surface area contributed by atoms with Gasteiger partial charge in [-0.05, 0) is 42.4 Å². The Morgan fingerprint density at radius 3 is 2.41 bits per heavy atom. The fraction of sp³-hybridized carbons (Fsp3) is 0.938. The Bertz CT molecular complexity index is 249. The Morgan fingerprint density at radius 2 is 1.88 bits per heavy atom. The smallest absolute Gasteiger partial charge is 0.132 e. The zero-order valence-electron chi connectivity index (χ0n) is 12.4. The summed E-state index contributed by atoms with van der Waals surface area (Å²) < 4.78 is 0. The Morgan fingerprint density at radius 1 is 1.24 bits per heavy atom. The van der Waals surface area contributed by atoms with Gasteiger partial charge in [-0.3, -0.25) is 4.79 Å². The number of rotatable bonds is 4. The third-order valence-electron chi connectivity index (χ3n) is 4.26. The zero-order valence-corrected chi connectivity index (χ0v) is 12.4. The van der Waals surface area contributed by atoms with Crippen LogP contribution in [0.5, 0.6) is 0 Å². The van der Waals surface area contributed by atoms with Gasteiger partial charge in [0.25, 0.3) is 0 Å². The summed E-state index contributed by atoms with van der Waals surface area (Å²) in [5.74, 6) is 2.81. The normalized spacial score (nSPS) is 30.3. The topological polar surface area (TPSA) is 17.1 Å². The molecule has 100 valence electrons. The number of ketones is 1. The second-order valence-corrected chi connectivity index (χ2v) is 7.28. The predicted octanol–water partition coefficient (Wildman–Crippen LogP) is 4.84. The summed E-state index contributed by atoms with van der Waals surface area (Å²) in [6.45, 7) is 11.4. The van der Waals surface area contributed by atoms with Crippen molar-refractivity contribution in [2.45, 2.75) is 73.1 Å². The largest absolute Gasteiger partial charge is 0.300 e. The van der Waals surface area contributed by atoms with Crippen molar-refractivity contribution in [2.75, 3.05) is 0 Å². The van der Waals surface area contributed by atoms with Gasteiger partial charge >= 0.3 is 0 Å². The van der Waals surface area contributed by atoms with Crippen LogP contribution in [-0.2, 0) is 4.79 Å². The molecule has 0 aromatic rings. The Hall–Kier alpha value is -0.330. The molecule has 1 fully saturated rings. The summed E-state index contributed by atoms with van der Waals surface area (Å²) in [5.41, 5.74) is 0.426. The first kappa shape index (κ1) is 14.7. The van der Waals surface area contributed by atoms with E-state index in [4.69, 9.17) is 0 Å². The van der Waals surface area contributed by atoms with E-state index in [1.807, 2.05) is 6.92 Å². The fourth-order valence-electron chi connectivity index (χ4n) is 3.24. The molecular weight excluding hydrogens is 208 g/mol. The number of carbonyl (C=O) groups excluding carboxylic acids is 1. The van der Waals surface area contributed by atoms with E-state index in [1.54, 1.807) is 0 Å². The molecule has 1 rings (SSSR count). The van der Waals surface area contributed by atoms with Crippen molar-refractivity contribution in [2.24, 2.45) is 23.2 Å². The van der Waals surface area contributed by atoms with E-state index in [0.717, 1.165) is 24.7 Å². The third kappa shape index (κ3) is 5.23. The maximum absolute atomic E-state index is 11.6. The first-order valence-electron chi connectivity index (χ1n) is 7.33. The standard InChI is InChI=1S/C16H30O/c1-6-15(17)10-13-8-7-12(2)14(9-13)11-16(3,4)5/h12-14H,6-11H2,1-5H3. The molecule has 17 heavy (non-hydrogen) atoms. The maximum atomic E-state index is 11.6.